The minimum atomic E-state index is -4.78. The third-order valence-corrected chi connectivity index (χ3v) is 2.59. The molecule has 6 nitrogen and oxygen atoms in total. The SMILES string of the molecule is NC(=O)c1cccc(-n2nc(C(F)(F)F)cc2C(=O)O)c1. The number of benzene rings is 1. The standard InChI is InChI=1S/C12H8F3N3O3/c13-12(14,15)9-5-8(11(20)21)18(17-9)7-3-1-2-6(4-7)10(16)19/h1-5H,(H2,16,19)(H,20,21). The van der Waals surface area contributed by atoms with Crippen LogP contribution < -0.4 is 5.73 Å². The number of carboxylic acids is 1. The Balaban J connectivity index is 2.62. The molecular formula is C12H8F3N3O3. The van der Waals surface area contributed by atoms with Crippen molar-refractivity contribution < 1.29 is 27.9 Å². The maximum Gasteiger partial charge on any atom is 0.435 e. The second-order valence-electron chi connectivity index (χ2n) is 4.04. The Bertz CT molecular complexity index is 722. The van der Waals surface area contributed by atoms with Gasteiger partial charge in [0.05, 0.1) is 5.69 Å². The molecule has 2 rings (SSSR count). The highest BCUT2D eigenvalue weighted by Gasteiger charge is 2.36. The van der Waals surface area contributed by atoms with E-state index in [1.807, 2.05) is 0 Å². The van der Waals surface area contributed by atoms with Crippen LogP contribution in [0.5, 0.6) is 0 Å². The lowest BCUT2D eigenvalue weighted by molar-refractivity contribution is -0.141. The molecule has 1 amide bonds. The van der Waals surface area contributed by atoms with Crippen molar-refractivity contribution in [1.29, 1.82) is 0 Å². The number of carboxylic acid groups (broad SMARTS) is 1. The summed E-state index contributed by atoms with van der Waals surface area (Å²) in [5, 5.41) is 12.2. The van der Waals surface area contributed by atoms with Crippen molar-refractivity contribution in [3.05, 3.63) is 47.3 Å². The van der Waals surface area contributed by atoms with Gasteiger partial charge in [-0.3, -0.25) is 4.79 Å². The molecular weight excluding hydrogens is 291 g/mol. The summed E-state index contributed by atoms with van der Waals surface area (Å²) in [7, 11) is 0. The van der Waals surface area contributed by atoms with Crippen LogP contribution in [0.4, 0.5) is 13.2 Å². The molecule has 1 heterocycles. The highest BCUT2D eigenvalue weighted by atomic mass is 19.4. The summed E-state index contributed by atoms with van der Waals surface area (Å²) in [4.78, 5) is 22.1. The normalized spacial score (nSPS) is 11.4. The topological polar surface area (TPSA) is 98.2 Å². The third-order valence-electron chi connectivity index (χ3n) is 2.59. The summed E-state index contributed by atoms with van der Waals surface area (Å²) in [5.74, 6) is -2.38. The molecule has 0 aliphatic heterocycles. The Morgan fingerprint density at radius 2 is 1.90 bits per heavy atom. The predicted octanol–water partition coefficient (Wildman–Crippen LogP) is 1.69. The van der Waals surface area contributed by atoms with Gasteiger partial charge < -0.3 is 10.8 Å². The zero-order chi connectivity index (χ0) is 15.8. The average molecular weight is 299 g/mol. The first-order valence-electron chi connectivity index (χ1n) is 5.51. The Labute approximate surface area is 115 Å². The molecule has 1 aromatic heterocycles. The predicted molar refractivity (Wildman–Crippen MR) is 64.0 cm³/mol. The molecule has 0 saturated carbocycles. The lowest BCUT2D eigenvalue weighted by Crippen LogP contribution is -2.13. The summed E-state index contributed by atoms with van der Waals surface area (Å²) in [5.41, 5.74) is 3.05. The number of hydrogen-bond acceptors (Lipinski definition) is 3. The number of alkyl halides is 3. The molecule has 0 saturated heterocycles. The van der Waals surface area contributed by atoms with Crippen molar-refractivity contribution >= 4 is 11.9 Å². The third kappa shape index (κ3) is 2.86. The van der Waals surface area contributed by atoms with Crippen molar-refractivity contribution in [2.24, 2.45) is 5.73 Å². The van der Waals surface area contributed by atoms with Gasteiger partial charge in [-0.1, -0.05) is 6.07 Å². The van der Waals surface area contributed by atoms with Crippen molar-refractivity contribution in [1.82, 2.24) is 9.78 Å². The first-order valence-corrected chi connectivity index (χ1v) is 5.51. The van der Waals surface area contributed by atoms with Crippen molar-refractivity contribution in [2.75, 3.05) is 0 Å². The number of rotatable bonds is 3. The quantitative estimate of drug-likeness (QED) is 0.901. The van der Waals surface area contributed by atoms with Crippen molar-refractivity contribution in [3.8, 4) is 5.69 Å². The van der Waals surface area contributed by atoms with Gasteiger partial charge in [0.1, 0.15) is 0 Å². The van der Waals surface area contributed by atoms with Crippen LogP contribution in [0.2, 0.25) is 0 Å². The Morgan fingerprint density at radius 3 is 2.43 bits per heavy atom. The van der Waals surface area contributed by atoms with Gasteiger partial charge >= 0.3 is 12.1 Å². The number of halogens is 3. The molecule has 0 unspecified atom stereocenters. The molecule has 0 aliphatic carbocycles. The van der Waals surface area contributed by atoms with Gasteiger partial charge in [-0.05, 0) is 18.2 Å². The van der Waals surface area contributed by atoms with E-state index in [0.717, 1.165) is 6.07 Å². The fourth-order valence-corrected chi connectivity index (χ4v) is 1.66. The van der Waals surface area contributed by atoms with Gasteiger partial charge in [0.2, 0.25) is 5.91 Å². The van der Waals surface area contributed by atoms with Gasteiger partial charge in [0.15, 0.2) is 11.4 Å². The molecule has 0 radical (unpaired) electrons. The summed E-state index contributed by atoms with van der Waals surface area (Å²) in [6.07, 6.45) is -4.78. The monoisotopic (exact) mass is 299 g/mol. The molecule has 0 atom stereocenters. The number of nitrogens with zero attached hydrogens (tertiary/aromatic N) is 2. The largest absolute Gasteiger partial charge is 0.477 e. The Hall–Kier alpha value is -2.84. The smallest absolute Gasteiger partial charge is 0.435 e. The molecule has 110 valence electrons. The van der Waals surface area contributed by atoms with Gasteiger partial charge in [-0.15, -0.1) is 0 Å². The molecule has 2 aromatic rings. The second kappa shape index (κ2) is 4.93. The molecule has 21 heavy (non-hydrogen) atoms. The van der Waals surface area contributed by atoms with E-state index in [1.165, 1.54) is 18.2 Å². The van der Waals surface area contributed by atoms with E-state index in [-0.39, 0.29) is 11.3 Å². The number of amides is 1. The van der Waals surface area contributed by atoms with E-state index < -0.39 is 29.4 Å². The lowest BCUT2D eigenvalue weighted by Gasteiger charge is -2.06. The minimum Gasteiger partial charge on any atom is -0.477 e. The first-order chi connectivity index (χ1) is 9.70. The first kappa shape index (κ1) is 14.6. The maximum atomic E-state index is 12.6. The van der Waals surface area contributed by atoms with E-state index in [1.54, 1.807) is 0 Å². The number of primary amides is 1. The number of carbonyl (C=O) groups is 2. The summed E-state index contributed by atoms with van der Waals surface area (Å²) < 4.78 is 38.5. The Morgan fingerprint density at radius 1 is 1.24 bits per heavy atom. The molecule has 1 aromatic carbocycles. The molecule has 3 N–H and O–H groups in total. The van der Waals surface area contributed by atoms with Crippen LogP contribution in [-0.2, 0) is 6.18 Å². The zero-order valence-corrected chi connectivity index (χ0v) is 10.3. The number of carbonyl (C=O) groups excluding carboxylic acids is 1. The van der Waals surface area contributed by atoms with Gasteiger partial charge in [-0.2, -0.15) is 18.3 Å². The fourth-order valence-electron chi connectivity index (χ4n) is 1.66. The zero-order valence-electron chi connectivity index (χ0n) is 10.3. The minimum absolute atomic E-state index is 0.0146. The van der Waals surface area contributed by atoms with Crippen molar-refractivity contribution in [2.45, 2.75) is 6.18 Å². The van der Waals surface area contributed by atoms with Crippen LogP contribution in [0.25, 0.3) is 5.69 Å². The van der Waals surface area contributed by atoms with Crippen LogP contribution in [0.15, 0.2) is 30.3 Å². The van der Waals surface area contributed by atoms with Crippen LogP contribution >= 0.6 is 0 Å². The summed E-state index contributed by atoms with van der Waals surface area (Å²) in [6, 6.07) is 5.59. The van der Waals surface area contributed by atoms with Crippen LogP contribution in [0, 0.1) is 0 Å². The average Bonchev–Trinajstić information content (AvgIpc) is 2.84. The number of nitrogens with two attached hydrogens (primary N) is 1. The molecule has 9 heteroatoms. The Kier molecular flexibility index (Phi) is 3.42. The summed E-state index contributed by atoms with van der Waals surface area (Å²) >= 11 is 0. The van der Waals surface area contributed by atoms with Crippen LogP contribution in [-0.4, -0.2) is 26.8 Å². The number of aromatic nitrogens is 2. The number of hydrogen-bond donors (Lipinski definition) is 2. The van der Waals surface area contributed by atoms with E-state index in [2.05, 4.69) is 5.10 Å². The molecule has 0 aliphatic rings. The lowest BCUT2D eigenvalue weighted by atomic mass is 10.2. The highest BCUT2D eigenvalue weighted by molar-refractivity contribution is 5.93. The molecule has 0 bridgehead atoms. The van der Waals surface area contributed by atoms with E-state index in [4.69, 9.17) is 10.8 Å². The highest BCUT2D eigenvalue weighted by Crippen LogP contribution is 2.29. The second-order valence-corrected chi connectivity index (χ2v) is 4.04. The van der Waals surface area contributed by atoms with Crippen LogP contribution in [0.3, 0.4) is 0 Å². The van der Waals surface area contributed by atoms with Crippen LogP contribution in [0.1, 0.15) is 26.5 Å². The van der Waals surface area contributed by atoms with E-state index in [0.29, 0.717) is 10.7 Å². The van der Waals surface area contributed by atoms with Gasteiger partial charge in [-0.25, -0.2) is 9.48 Å². The van der Waals surface area contributed by atoms with Gasteiger partial charge in [0, 0.05) is 11.6 Å². The van der Waals surface area contributed by atoms with Crippen molar-refractivity contribution in [3.63, 3.8) is 0 Å². The molecule has 0 spiro atoms. The fraction of sp³-hybridized carbons (Fsp3) is 0.0833. The summed E-state index contributed by atoms with van der Waals surface area (Å²) in [6.45, 7) is 0. The molecule has 0 fully saturated rings. The van der Waals surface area contributed by atoms with Gasteiger partial charge in [0.25, 0.3) is 0 Å². The maximum absolute atomic E-state index is 12.6. The van der Waals surface area contributed by atoms with E-state index in [9.17, 15) is 22.8 Å². The number of aromatic carboxylic acids is 1. The van der Waals surface area contributed by atoms with E-state index >= 15 is 0 Å².